The second-order valence-electron chi connectivity index (χ2n) is 6.92. The fourth-order valence-electron chi connectivity index (χ4n) is 3.31. The van der Waals surface area contributed by atoms with Crippen molar-refractivity contribution >= 4 is 11.6 Å². The number of benzene rings is 1. The van der Waals surface area contributed by atoms with E-state index in [1.807, 2.05) is 24.3 Å². The lowest BCUT2D eigenvalue weighted by molar-refractivity contribution is -0.117. The number of hydrogen-bond donors (Lipinski definition) is 1. The highest BCUT2D eigenvalue weighted by Crippen LogP contribution is 2.25. The largest absolute Gasteiger partial charge is 0.489 e. The van der Waals surface area contributed by atoms with Crippen LogP contribution in [-0.2, 0) is 9.53 Å². The summed E-state index contributed by atoms with van der Waals surface area (Å²) in [6, 6.07) is 7.62. The molecule has 2 heterocycles. The molecule has 2 aliphatic rings. The van der Waals surface area contributed by atoms with Crippen molar-refractivity contribution in [3.63, 3.8) is 0 Å². The van der Waals surface area contributed by atoms with Gasteiger partial charge >= 0.3 is 0 Å². The number of amides is 1. The van der Waals surface area contributed by atoms with E-state index in [0.29, 0.717) is 18.9 Å². The molecule has 0 spiro atoms. The second kappa shape index (κ2) is 9.17. The average molecular weight is 347 g/mol. The van der Waals surface area contributed by atoms with Gasteiger partial charge in [-0.1, -0.05) is 12.1 Å². The molecule has 0 aliphatic carbocycles. The standard InChI is InChI=1S/C19H29N3O3/c1-21-9-5-10-22(12-11-21)14-19(23)20-17-7-2-3-8-18(17)25-15-16-6-4-13-24-16/h2-3,7-8,16H,4-6,9-15H2,1H3,(H,20,23). The number of nitrogens with one attached hydrogen (secondary N) is 1. The molecule has 1 atom stereocenters. The lowest BCUT2D eigenvalue weighted by atomic mass is 10.2. The molecule has 0 radical (unpaired) electrons. The van der Waals surface area contributed by atoms with E-state index in [-0.39, 0.29) is 12.0 Å². The Hall–Kier alpha value is -1.63. The number of hydrogen-bond acceptors (Lipinski definition) is 5. The molecule has 0 saturated carbocycles. The number of carbonyl (C=O) groups excluding carboxylic acids is 1. The molecule has 2 fully saturated rings. The number of rotatable bonds is 6. The summed E-state index contributed by atoms with van der Waals surface area (Å²) in [6.07, 6.45) is 3.40. The lowest BCUT2D eigenvalue weighted by Gasteiger charge is -2.20. The van der Waals surface area contributed by atoms with Crippen molar-refractivity contribution in [1.29, 1.82) is 0 Å². The van der Waals surface area contributed by atoms with Crippen LogP contribution in [0, 0.1) is 0 Å². The summed E-state index contributed by atoms with van der Waals surface area (Å²) >= 11 is 0. The molecule has 3 rings (SSSR count). The first-order valence-corrected chi connectivity index (χ1v) is 9.25. The maximum Gasteiger partial charge on any atom is 0.238 e. The van der Waals surface area contributed by atoms with Gasteiger partial charge in [-0.25, -0.2) is 0 Å². The molecular formula is C19H29N3O3. The van der Waals surface area contributed by atoms with Crippen molar-refractivity contribution in [3.05, 3.63) is 24.3 Å². The van der Waals surface area contributed by atoms with Gasteiger partial charge in [-0.05, 0) is 51.5 Å². The van der Waals surface area contributed by atoms with Crippen LogP contribution in [0.5, 0.6) is 5.75 Å². The number of carbonyl (C=O) groups is 1. The van der Waals surface area contributed by atoms with Gasteiger partial charge in [0.2, 0.25) is 5.91 Å². The Balaban J connectivity index is 1.51. The zero-order chi connectivity index (χ0) is 17.5. The van der Waals surface area contributed by atoms with Crippen LogP contribution in [-0.4, -0.2) is 74.8 Å². The normalized spacial score (nSPS) is 22.5. The number of likely N-dealkylation sites (N-methyl/N-ethyl adjacent to an activating group) is 1. The Bertz CT molecular complexity index is 561. The van der Waals surface area contributed by atoms with Crippen molar-refractivity contribution in [1.82, 2.24) is 9.80 Å². The fraction of sp³-hybridized carbons (Fsp3) is 0.632. The van der Waals surface area contributed by atoms with Crippen LogP contribution in [0.1, 0.15) is 19.3 Å². The van der Waals surface area contributed by atoms with Gasteiger partial charge in [0.1, 0.15) is 12.4 Å². The summed E-state index contributed by atoms with van der Waals surface area (Å²) in [5, 5.41) is 3.00. The molecule has 1 N–H and O–H groups in total. The molecule has 0 bridgehead atoms. The predicted molar refractivity (Wildman–Crippen MR) is 98.1 cm³/mol. The third-order valence-electron chi connectivity index (χ3n) is 4.79. The summed E-state index contributed by atoms with van der Waals surface area (Å²) < 4.78 is 11.5. The first kappa shape index (κ1) is 18.2. The number of ether oxygens (including phenoxy) is 2. The van der Waals surface area contributed by atoms with E-state index in [1.165, 1.54) is 0 Å². The van der Waals surface area contributed by atoms with Gasteiger partial charge in [0.05, 0.1) is 18.3 Å². The molecule has 1 unspecified atom stereocenters. The first-order chi connectivity index (χ1) is 12.2. The average Bonchev–Trinajstić information content (AvgIpc) is 3.04. The molecule has 2 aliphatic heterocycles. The topological polar surface area (TPSA) is 54.0 Å². The molecule has 0 aromatic heterocycles. The summed E-state index contributed by atoms with van der Waals surface area (Å²) in [4.78, 5) is 17.0. The van der Waals surface area contributed by atoms with Gasteiger partial charge in [0.15, 0.2) is 0 Å². The van der Waals surface area contributed by atoms with Gasteiger partial charge in [-0.2, -0.15) is 0 Å². The Morgan fingerprint density at radius 3 is 2.96 bits per heavy atom. The molecular weight excluding hydrogens is 318 g/mol. The molecule has 1 aromatic rings. The SMILES string of the molecule is CN1CCCN(CC(=O)Nc2ccccc2OCC2CCCO2)CC1. The highest BCUT2D eigenvalue weighted by molar-refractivity contribution is 5.93. The molecule has 1 aromatic carbocycles. The van der Waals surface area contributed by atoms with Crippen molar-refractivity contribution in [2.45, 2.75) is 25.4 Å². The van der Waals surface area contributed by atoms with Gasteiger partial charge in [0.25, 0.3) is 0 Å². The molecule has 6 heteroatoms. The Labute approximate surface area is 150 Å². The summed E-state index contributed by atoms with van der Waals surface area (Å²) in [7, 11) is 2.13. The minimum atomic E-state index is 0.0118. The van der Waals surface area contributed by atoms with E-state index < -0.39 is 0 Å². The van der Waals surface area contributed by atoms with E-state index >= 15 is 0 Å². The minimum absolute atomic E-state index is 0.0118. The van der Waals surface area contributed by atoms with Gasteiger partial charge < -0.3 is 19.7 Å². The number of anilines is 1. The van der Waals surface area contributed by atoms with Crippen LogP contribution in [0.25, 0.3) is 0 Å². The van der Waals surface area contributed by atoms with E-state index in [4.69, 9.17) is 9.47 Å². The zero-order valence-corrected chi connectivity index (χ0v) is 15.1. The fourth-order valence-corrected chi connectivity index (χ4v) is 3.31. The van der Waals surface area contributed by atoms with Crippen molar-refractivity contribution in [2.75, 3.05) is 58.3 Å². The van der Waals surface area contributed by atoms with E-state index in [1.54, 1.807) is 0 Å². The van der Waals surface area contributed by atoms with E-state index in [9.17, 15) is 4.79 Å². The van der Waals surface area contributed by atoms with Crippen molar-refractivity contribution in [2.24, 2.45) is 0 Å². The van der Waals surface area contributed by atoms with Gasteiger partial charge in [0, 0.05) is 19.7 Å². The third kappa shape index (κ3) is 5.70. The van der Waals surface area contributed by atoms with Crippen LogP contribution in [0.15, 0.2) is 24.3 Å². The first-order valence-electron chi connectivity index (χ1n) is 9.25. The summed E-state index contributed by atoms with van der Waals surface area (Å²) in [5.41, 5.74) is 0.734. The number of para-hydroxylation sites is 2. The maximum atomic E-state index is 12.4. The maximum absolute atomic E-state index is 12.4. The molecule has 6 nitrogen and oxygen atoms in total. The van der Waals surface area contributed by atoms with Crippen LogP contribution in [0.3, 0.4) is 0 Å². The summed E-state index contributed by atoms with van der Waals surface area (Å²) in [6.45, 7) is 5.78. The molecule has 25 heavy (non-hydrogen) atoms. The Kier molecular flexibility index (Phi) is 6.67. The van der Waals surface area contributed by atoms with Crippen LogP contribution in [0.2, 0.25) is 0 Å². The highest BCUT2D eigenvalue weighted by atomic mass is 16.5. The quantitative estimate of drug-likeness (QED) is 0.851. The Morgan fingerprint density at radius 1 is 1.24 bits per heavy atom. The van der Waals surface area contributed by atoms with Gasteiger partial charge in [-0.15, -0.1) is 0 Å². The van der Waals surface area contributed by atoms with Crippen molar-refractivity contribution in [3.8, 4) is 5.75 Å². The summed E-state index contributed by atoms with van der Waals surface area (Å²) in [5.74, 6) is 0.722. The molecule has 2 saturated heterocycles. The second-order valence-corrected chi connectivity index (χ2v) is 6.92. The van der Waals surface area contributed by atoms with Crippen LogP contribution in [0.4, 0.5) is 5.69 Å². The smallest absolute Gasteiger partial charge is 0.238 e. The molecule has 1 amide bonds. The lowest BCUT2D eigenvalue weighted by Crippen LogP contribution is -2.36. The van der Waals surface area contributed by atoms with Crippen LogP contribution >= 0.6 is 0 Å². The monoisotopic (exact) mass is 347 g/mol. The van der Waals surface area contributed by atoms with Crippen molar-refractivity contribution < 1.29 is 14.3 Å². The van der Waals surface area contributed by atoms with E-state index in [0.717, 1.165) is 57.7 Å². The van der Waals surface area contributed by atoms with Crippen LogP contribution < -0.4 is 10.1 Å². The minimum Gasteiger partial charge on any atom is -0.489 e. The van der Waals surface area contributed by atoms with Gasteiger partial charge in [-0.3, -0.25) is 9.69 Å². The zero-order valence-electron chi connectivity index (χ0n) is 15.1. The Morgan fingerprint density at radius 2 is 2.12 bits per heavy atom. The third-order valence-corrected chi connectivity index (χ3v) is 4.79. The number of nitrogens with zero attached hydrogens (tertiary/aromatic N) is 2. The molecule has 138 valence electrons. The predicted octanol–water partition coefficient (Wildman–Crippen LogP) is 1.82. The highest BCUT2D eigenvalue weighted by Gasteiger charge is 2.18. The van der Waals surface area contributed by atoms with E-state index in [2.05, 4.69) is 22.2 Å².